The number of esters is 2. The molecule has 2 fully saturated rings. The van der Waals surface area contributed by atoms with Gasteiger partial charge in [0, 0.05) is 12.8 Å². The molecule has 6 atom stereocenters. The minimum atomic E-state index is -1.47. The van der Waals surface area contributed by atoms with Crippen LogP contribution < -0.4 is 5.32 Å². The maximum atomic E-state index is 13.8. The first-order chi connectivity index (χ1) is 31.6. The van der Waals surface area contributed by atoms with Crippen molar-refractivity contribution in [2.45, 2.75) is 224 Å². The van der Waals surface area contributed by atoms with Crippen molar-refractivity contribution in [3.8, 4) is 0 Å². The smallest absolute Gasteiger partial charge is 0.306 e. The van der Waals surface area contributed by atoms with Crippen LogP contribution in [-0.4, -0.2) is 72.1 Å². The number of aliphatic hydroxyl groups excluding tert-OH is 1. The van der Waals surface area contributed by atoms with E-state index < -0.39 is 54.4 Å². The van der Waals surface area contributed by atoms with Crippen LogP contribution in [0.4, 0.5) is 0 Å². The van der Waals surface area contributed by atoms with Crippen LogP contribution in [0.25, 0.3) is 0 Å². The van der Waals surface area contributed by atoms with Gasteiger partial charge in [0.25, 0.3) is 0 Å². The second-order valence-corrected chi connectivity index (χ2v) is 18.5. The Bertz CT molecular complexity index is 1650. The molecule has 2 saturated heterocycles. The molecule has 2 aliphatic rings. The molecular weight excluding hydrogens is 819 g/mol. The van der Waals surface area contributed by atoms with Gasteiger partial charge in [0.05, 0.1) is 13.0 Å². The summed E-state index contributed by atoms with van der Waals surface area (Å²) in [7, 11) is 0. The Labute approximate surface area is 391 Å². The van der Waals surface area contributed by atoms with Gasteiger partial charge in [-0.05, 0) is 102 Å². The molecule has 0 spiro atoms. The number of carbonyl (C=O) groups is 3. The lowest BCUT2D eigenvalue weighted by atomic mass is 9.94. The van der Waals surface area contributed by atoms with Crippen molar-refractivity contribution in [3.05, 3.63) is 96.1 Å². The molecule has 4 rings (SSSR count). The number of rotatable bonds is 33. The Hall–Kier alpha value is -3.83. The summed E-state index contributed by atoms with van der Waals surface area (Å²) in [6.07, 6.45) is 26.8. The molecular formula is C55H83NO9. The van der Waals surface area contributed by atoms with Crippen LogP contribution in [0.3, 0.4) is 0 Å². The van der Waals surface area contributed by atoms with Gasteiger partial charge in [0.15, 0.2) is 18.2 Å². The maximum Gasteiger partial charge on any atom is 0.306 e. The molecule has 1 amide bonds. The van der Waals surface area contributed by atoms with Crippen LogP contribution >= 0.6 is 0 Å². The van der Waals surface area contributed by atoms with E-state index in [4.69, 9.17) is 23.7 Å². The number of ether oxygens (including phenoxy) is 5. The van der Waals surface area contributed by atoms with Crippen molar-refractivity contribution in [1.29, 1.82) is 0 Å². The largest absolute Gasteiger partial charge is 0.462 e. The third-order valence-corrected chi connectivity index (χ3v) is 12.3. The lowest BCUT2D eigenvalue weighted by Crippen LogP contribution is -2.69. The summed E-state index contributed by atoms with van der Waals surface area (Å²) < 4.78 is 30.0. The third kappa shape index (κ3) is 23.0. The van der Waals surface area contributed by atoms with Crippen LogP contribution in [-0.2, 0) is 50.9 Å². The number of allylic oxidation sites excluding steroid dienone is 4. The number of benzene rings is 2. The van der Waals surface area contributed by atoms with E-state index in [2.05, 4.69) is 85.1 Å². The first-order valence-electron chi connectivity index (χ1n) is 25.3. The monoisotopic (exact) mass is 902 g/mol. The average molecular weight is 902 g/mol. The Morgan fingerprint density at radius 2 is 1.23 bits per heavy atom. The first kappa shape index (κ1) is 53.8. The number of amides is 1. The predicted octanol–water partition coefficient (Wildman–Crippen LogP) is 11.8. The standard InChI is InChI=1S/C55H83NO9/c1-4-5-6-7-8-9-14-19-30-39-46(62-49(58)40-31-20-15-10-12-17-24-33-44-35-26-22-27-36-44)42-48(57)56-51-53(52-47(63-54(51)60)43-61-55(2,3)65-52)64-50(59)41-32-21-16-11-13-18-25-34-45-37-28-23-29-38-45/h12-13,17-18,22-23,26-29,35-38,46-47,51-54,60H,4-11,14-16,19-21,24-25,30-34,39-43H2,1-3H3,(H,56,57)/t46-,47+,51+,52+,53+,54+/m0/s1. The van der Waals surface area contributed by atoms with Gasteiger partial charge in [-0.15, -0.1) is 0 Å². The molecule has 0 bridgehead atoms. The summed E-state index contributed by atoms with van der Waals surface area (Å²) in [5.41, 5.74) is 2.67. The van der Waals surface area contributed by atoms with Gasteiger partial charge in [-0.2, -0.15) is 0 Å². The minimum absolute atomic E-state index is 0.0787. The van der Waals surface area contributed by atoms with E-state index in [0.717, 1.165) is 89.9 Å². The van der Waals surface area contributed by atoms with Gasteiger partial charge >= 0.3 is 11.9 Å². The van der Waals surface area contributed by atoms with Crippen molar-refractivity contribution in [1.82, 2.24) is 5.32 Å². The highest BCUT2D eigenvalue weighted by atomic mass is 16.7. The van der Waals surface area contributed by atoms with E-state index in [1.807, 2.05) is 12.1 Å². The van der Waals surface area contributed by atoms with E-state index in [1.165, 1.54) is 49.7 Å². The van der Waals surface area contributed by atoms with Crippen LogP contribution in [0.15, 0.2) is 85.0 Å². The van der Waals surface area contributed by atoms with Gasteiger partial charge in [0.1, 0.15) is 24.4 Å². The quantitative estimate of drug-likeness (QED) is 0.0408. The normalized spacial score (nSPS) is 21.0. The van der Waals surface area contributed by atoms with Crippen LogP contribution in [0.1, 0.15) is 180 Å². The van der Waals surface area contributed by atoms with Crippen molar-refractivity contribution in [3.63, 3.8) is 0 Å². The number of fused-ring (bicyclic) bond motifs is 1. The number of aryl methyl sites for hydroxylation is 2. The number of nitrogens with one attached hydrogen (secondary N) is 1. The second kappa shape index (κ2) is 32.0. The Morgan fingerprint density at radius 3 is 1.82 bits per heavy atom. The summed E-state index contributed by atoms with van der Waals surface area (Å²) in [5, 5.41) is 14.2. The fourth-order valence-corrected chi connectivity index (χ4v) is 8.60. The van der Waals surface area contributed by atoms with Crippen LogP contribution in [0, 0.1) is 0 Å². The lowest BCUT2D eigenvalue weighted by molar-refractivity contribution is -0.365. The molecule has 2 aromatic rings. The highest BCUT2D eigenvalue weighted by Crippen LogP contribution is 2.34. The molecule has 2 aromatic carbocycles. The lowest BCUT2D eigenvalue weighted by Gasteiger charge is -2.49. The average Bonchev–Trinajstić information content (AvgIpc) is 3.29. The van der Waals surface area contributed by atoms with Crippen LogP contribution in [0.2, 0.25) is 0 Å². The zero-order valence-corrected chi connectivity index (χ0v) is 40.1. The van der Waals surface area contributed by atoms with Crippen molar-refractivity contribution >= 4 is 17.8 Å². The zero-order chi connectivity index (χ0) is 46.4. The molecule has 2 N–H and O–H groups in total. The van der Waals surface area contributed by atoms with E-state index in [0.29, 0.717) is 19.3 Å². The number of aliphatic hydroxyl groups is 1. The predicted molar refractivity (Wildman–Crippen MR) is 258 cm³/mol. The molecule has 0 aliphatic carbocycles. The number of hydrogen-bond acceptors (Lipinski definition) is 9. The molecule has 10 nitrogen and oxygen atoms in total. The molecule has 0 aromatic heterocycles. The van der Waals surface area contributed by atoms with Crippen molar-refractivity contribution < 1.29 is 43.2 Å². The van der Waals surface area contributed by atoms with Gasteiger partial charge in [-0.25, -0.2) is 0 Å². The van der Waals surface area contributed by atoms with Crippen molar-refractivity contribution in [2.75, 3.05) is 6.61 Å². The molecule has 10 heteroatoms. The zero-order valence-electron chi connectivity index (χ0n) is 40.1. The van der Waals surface area contributed by atoms with E-state index in [1.54, 1.807) is 13.8 Å². The van der Waals surface area contributed by atoms with E-state index >= 15 is 0 Å². The number of unbranched alkanes of at least 4 members (excludes halogenated alkanes) is 14. The highest BCUT2D eigenvalue weighted by Gasteiger charge is 2.53. The summed E-state index contributed by atoms with van der Waals surface area (Å²) in [4.78, 5) is 40.4. The van der Waals surface area contributed by atoms with Crippen molar-refractivity contribution in [2.24, 2.45) is 0 Å². The summed E-state index contributed by atoms with van der Waals surface area (Å²) in [6.45, 7) is 5.90. The fourth-order valence-electron chi connectivity index (χ4n) is 8.60. The first-order valence-corrected chi connectivity index (χ1v) is 25.3. The number of carbonyl (C=O) groups excluding carboxylic acids is 3. The molecule has 0 unspecified atom stereocenters. The molecule has 362 valence electrons. The highest BCUT2D eigenvalue weighted by molar-refractivity contribution is 5.78. The van der Waals surface area contributed by atoms with Gasteiger partial charge in [0.2, 0.25) is 5.91 Å². The van der Waals surface area contributed by atoms with Gasteiger partial charge in [-0.1, -0.05) is 156 Å². The third-order valence-electron chi connectivity index (χ3n) is 12.3. The Balaban J connectivity index is 1.26. The second-order valence-electron chi connectivity index (χ2n) is 18.5. The number of hydrogen-bond donors (Lipinski definition) is 2. The minimum Gasteiger partial charge on any atom is -0.462 e. The summed E-state index contributed by atoms with van der Waals surface area (Å²) in [5.74, 6) is -2.14. The maximum absolute atomic E-state index is 13.8. The van der Waals surface area contributed by atoms with Gasteiger partial charge < -0.3 is 34.1 Å². The van der Waals surface area contributed by atoms with E-state index in [-0.39, 0.29) is 25.4 Å². The molecule has 2 aliphatic heterocycles. The molecule has 0 radical (unpaired) electrons. The Morgan fingerprint density at radius 1 is 0.708 bits per heavy atom. The molecule has 0 saturated carbocycles. The van der Waals surface area contributed by atoms with Gasteiger partial charge in [-0.3, -0.25) is 14.4 Å². The topological polar surface area (TPSA) is 130 Å². The molecule has 2 heterocycles. The summed E-state index contributed by atoms with van der Waals surface area (Å²) in [6, 6.07) is 19.8. The SMILES string of the molecule is CCCCCCCCCCC[C@@H](CC(=O)N[C@@H]1[C@@H](OC(=O)CCCCCC=CCCc2ccccc2)[C@@H]2OC(C)(C)OC[C@H]2O[C@H]1O)OC(=O)CCCCCC=CCCc1ccccc1. The Kier molecular flexibility index (Phi) is 26.5. The van der Waals surface area contributed by atoms with Crippen LogP contribution in [0.5, 0.6) is 0 Å². The molecule has 65 heavy (non-hydrogen) atoms. The summed E-state index contributed by atoms with van der Waals surface area (Å²) >= 11 is 0. The van der Waals surface area contributed by atoms with E-state index in [9.17, 15) is 19.5 Å². The fraction of sp³-hybridized carbons (Fsp3) is 0.655.